The number of allylic oxidation sites excluding steroid dienone is 2. The minimum absolute atomic E-state index is 0.589. The molecule has 0 amide bonds. The zero-order chi connectivity index (χ0) is 18.8. The topological polar surface area (TPSA) is 27.1 Å². The predicted octanol–water partition coefficient (Wildman–Crippen LogP) is 5.53. The van der Waals surface area contributed by atoms with Crippen LogP contribution in [0.4, 0.5) is 0 Å². The fourth-order valence-electron chi connectivity index (χ4n) is 3.86. The van der Waals surface area contributed by atoms with E-state index in [1.54, 1.807) is 0 Å². The first kappa shape index (κ1) is 17.4. The molecule has 0 heterocycles. The highest BCUT2D eigenvalue weighted by Gasteiger charge is 2.20. The number of nitrogens with zero attached hydrogens (tertiary/aromatic N) is 1. The number of hydrogen-bond donors (Lipinski definition) is 1. The molecule has 0 radical (unpaired) electrons. The Kier molecular flexibility index (Phi) is 4.74. The maximum atomic E-state index is 9.01. The van der Waals surface area contributed by atoms with Crippen LogP contribution >= 0.6 is 0 Å². The van der Waals surface area contributed by atoms with E-state index in [9.17, 15) is 0 Å². The molecule has 0 bridgehead atoms. The smallest absolute Gasteiger partial charge is 0.0696 e. The fourth-order valence-corrected chi connectivity index (χ4v) is 3.86. The number of fused-ring (bicyclic) bond motifs is 1. The maximum absolute atomic E-state index is 9.01. The van der Waals surface area contributed by atoms with Gasteiger partial charge in [-0.1, -0.05) is 78.9 Å². The Balaban J connectivity index is 1.95. The number of benzene rings is 3. The predicted molar refractivity (Wildman–Crippen MR) is 116 cm³/mol. The van der Waals surface area contributed by atoms with E-state index in [-0.39, 0.29) is 0 Å². The summed E-state index contributed by atoms with van der Waals surface area (Å²) in [5.41, 5.74) is 6.45. The van der Waals surface area contributed by atoms with Gasteiger partial charge < -0.3 is 4.90 Å². The number of likely N-dealkylation sites (N-methyl/N-ethyl adjacent to an activating group) is 1. The summed E-state index contributed by atoms with van der Waals surface area (Å²) < 4.78 is 0. The van der Waals surface area contributed by atoms with Crippen molar-refractivity contribution in [1.29, 1.82) is 5.41 Å². The minimum Gasteiger partial charge on any atom is -0.305 e. The van der Waals surface area contributed by atoms with Gasteiger partial charge in [0, 0.05) is 17.7 Å². The van der Waals surface area contributed by atoms with E-state index in [1.165, 1.54) is 22.1 Å². The Hall–Kier alpha value is -2.97. The molecule has 0 saturated heterocycles. The van der Waals surface area contributed by atoms with Crippen molar-refractivity contribution in [2.75, 3.05) is 20.6 Å². The standard InChI is InChI=1S/C25H24N2/c1-27(2)17-20-12-8-14-21(20)23-16-15-18-9-6-7-13-22(18)24(23)25(26)19-10-4-3-5-11-19/h3-13,15-16,26H,14,17H2,1-2H3. The van der Waals surface area contributed by atoms with E-state index in [0.29, 0.717) is 5.71 Å². The second kappa shape index (κ2) is 7.34. The first-order chi connectivity index (χ1) is 13.1. The average molecular weight is 352 g/mol. The Bertz CT molecular complexity index is 1060. The van der Waals surface area contributed by atoms with Gasteiger partial charge in [-0.05, 0) is 48.0 Å². The molecule has 4 rings (SSSR count). The molecule has 134 valence electrons. The van der Waals surface area contributed by atoms with Crippen LogP contribution in [0.15, 0.2) is 84.5 Å². The molecule has 0 aliphatic heterocycles. The summed E-state index contributed by atoms with van der Waals surface area (Å²) in [6.45, 7) is 0.913. The van der Waals surface area contributed by atoms with Crippen LogP contribution < -0.4 is 0 Å². The van der Waals surface area contributed by atoms with Gasteiger partial charge in [0.1, 0.15) is 0 Å². The third kappa shape index (κ3) is 3.36. The van der Waals surface area contributed by atoms with Gasteiger partial charge in [-0.15, -0.1) is 0 Å². The van der Waals surface area contributed by atoms with E-state index in [1.807, 2.05) is 30.3 Å². The molecule has 3 aromatic carbocycles. The van der Waals surface area contributed by atoms with E-state index in [2.05, 4.69) is 67.5 Å². The van der Waals surface area contributed by atoms with Crippen molar-refractivity contribution in [2.45, 2.75) is 6.42 Å². The number of hydrogen-bond acceptors (Lipinski definition) is 2. The molecule has 3 aromatic rings. The van der Waals surface area contributed by atoms with Crippen LogP contribution in [-0.4, -0.2) is 31.3 Å². The SMILES string of the molecule is CN(C)CC1=C(c2ccc3ccccc3c2C(=N)c2ccccc2)CC=C1. The van der Waals surface area contributed by atoms with Gasteiger partial charge in [0.15, 0.2) is 0 Å². The van der Waals surface area contributed by atoms with Crippen LogP contribution in [0.5, 0.6) is 0 Å². The maximum Gasteiger partial charge on any atom is 0.0696 e. The first-order valence-electron chi connectivity index (χ1n) is 9.35. The molecule has 0 saturated carbocycles. The lowest BCUT2D eigenvalue weighted by atomic mass is 9.87. The molecule has 0 unspecified atom stereocenters. The van der Waals surface area contributed by atoms with Crippen molar-refractivity contribution in [3.05, 3.63) is 101 Å². The Morgan fingerprint density at radius 3 is 2.44 bits per heavy atom. The van der Waals surface area contributed by atoms with Crippen molar-refractivity contribution < 1.29 is 0 Å². The summed E-state index contributed by atoms with van der Waals surface area (Å²) in [6.07, 6.45) is 5.40. The van der Waals surface area contributed by atoms with E-state index >= 15 is 0 Å². The largest absolute Gasteiger partial charge is 0.305 e. The molecule has 0 atom stereocenters. The molecule has 2 heteroatoms. The molecular weight excluding hydrogens is 328 g/mol. The molecular formula is C25H24N2. The van der Waals surface area contributed by atoms with Crippen molar-refractivity contribution in [3.63, 3.8) is 0 Å². The van der Waals surface area contributed by atoms with Crippen LogP contribution in [0, 0.1) is 5.41 Å². The van der Waals surface area contributed by atoms with Gasteiger partial charge in [-0.2, -0.15) is 0 Å². The molecule has 27 heavy (non-hydrogen) atoms. The summed E-state index contributed by atoms with van der Waals surface area (Å²) >= 11 is 0. The summed E-state index contributed by atoms with van der Waals surface area (Å²) in [4.78, 5) is 2.20. The van der Waals surface area contributed by atoms with Gasteiger partial charge in [-0.25, -0.2) is 0 Å². The van der Waals surface area contributed by atoms with E-state index in [0.717, 1.165) is 29.5 Å². The lowest BCUT2D eigenvalue weighted by molar-refractivity contribution is 0.450. The van der Waals surface area contributed by atoms with Crippen LogP contribution in [0.25, 0.3) is 16.3 Å². The monoisotopic (exact) mass is 352 g/mol. The van der Waals surface area contributed by atoms with Crippen LogP contribution in [0.1, 0.15) is 23.1 Å². The molecule has 2 nitrogen and oxygen atoms in total. The van der Waals surface area contributed by atoms with E-state index < -0.39 is 0 Å². The van der Waals surface area contributed by atoms with Crippen molar-refractivity contribution in [3.8, 4) is 0 Å². The Labute approximate surface area is 161 Å². The summed E-state index contributed by atoms with van der Waals surface area (Å²) in [5.74, 6) is 0. The average Bonchev–Trinajstić information content (AvgIpc) is 3.14. The molecule has 0 aromatic heterocycles. The highest BCUT2D eigenvalue weighted by Crippen LogP contribution is 2.35. The van der Waals surface area contributed by atoms with Gasteiger partial charge in [0.2, 0.25) is 0 Å². The highest BCUT2D eigenvalue weighted by molar-refractivity contribution is 6.20. The molecule has 1 N–H and O–H groups in total. The van der Waals surface area contributed by atoms with Gasteiger partial charge in [0.25, 0.3) is 0 Å². The normalized spacial score (nSPS) is 13.7. The molecule has 1 aliphatic carbocycles. The second-order valence-corrected chi connectivity index (χ2v) is 7.30. The zero-order valence-corrected chi connectivity index (χ0v) is 15.9. The highest BCUT2D eigenvalue weighted by atomic mass is 15.0. The zero-order valence-electron chi connectivity index (χ0n) is 15.9. The lowest BCUT2D eigenvalue weighted by Crippen LogP contribution is -2.15. The second-order valence-electron chi connectivity index (χ2n) is 7.30. The molecule has 0 fully saturated rings. The minimum atomic E-state index is 0.589. The summed E-state index contributed by atoms with van der Waals surface area (Å²) in [7, 11) is 4.20. The Morgan fingerprint density at radius 2 is 1.67 bits per heavy atom. The quantitative estimate of drug-likeness (QED) is 0.601. The number of rotatable bonds is 5. The third-order valence-corrected chi connectivity index (χ3v) is 5.08. The van der Waals surface area contributed by atoms with Crippen molar-refractivity contribution >= 4 is 22.1 Å². The van der Waals surface area contributed by atoms with Crippen LogP contribution in [-0.2, 0) is 0 Å². The Morgan fingerprint density at radius 1 is 0.926 bits per heavy atom. The van der Waals surface area contributed by atoms with Gasteiger partial charge in [-0.3, -0.25) is 5.41 Å². The summed E-state index contributed by atoms with van der Waals surface area (Å²) in [5, 5.41) is 11.3. The molecule has 1 aliphatic rings. The van der Waals surface area contributed by atoms with Crippen molar-refractivity contribution in [1.82, 2.24) is 4.90 Å². The van der Waals surface area contributed by atoms with Gasteiger partial charge in [0.05, 0.1) is 5.71 Å². The lowest BCUT2D eigenvalue weighted by Gasteiger charge is -2.18. The van der Waals surface area contributed by atoms with Crippen molar-refractivity contribution in [2.24, 2.45) is 0 Å². The number of nitrogens with one attached hydrogen (secondary N) is 1. The summed E-state index contributed by atoms with van der Waals surface area (Å²) in [6, 6.07) is 22.8. The van der Waals surface area contributed by atoms with E-state index in [4.69, 9.17) is 5.41 Å². The van der Waals surface area contributed by atoms with Crippen LogP contribution in [0.2, 0.25) is 0 Å². The van der Waals surface area contributed by atoms with Gasteiger partial charge >= 0.3 is 0 Å². The first-order valence-corrected chi connectivity index (χ1v) is 9.35. The van der Waals surface area contributed by atoms with Crippen LogP contribution in [0.3, 0.4) is 0 Å². The molecule has 0 spiro atoms. The third-order valence-electron chi connectivity index (χ3n) is 5.08. The fraction of sp³-hybridized carbons (Fsp3) is 0.160.